The van der Waals surface area contributed by atoms with Gasteiger partial charge >= 0.3 is 0 Å². The van der Waals surface area contributed by atoms with E-state index in [9.17, 15) is 4.39 Å². The predicted octanol–water partition coefficient (Wildman–Crippen LogP) is 2.10. The Kier molecular flexibility index (Phi) is 6.85. The average molecular weight is 336 g/mol. The average Bonchev–Trinajstić information content (AvgIpc) is 2.91. The molecular weight excluding hydrogens is 307 g/mol. The van der Waals surface area contributed by atoms with Crippen LogP contribution in [-0.4, -0.2) is 56.2 Å². The Balaban J connectivity index is 1.73. The van der Waals surface area contributed by atoms with Crippen molar-refractivity contribution in [2.45, 2.75) is 32.9 Å². The second-order valence-corrected chi connectivity index (χ2v) is 6.58. The summed E-state index contributed by atoms with van der Waals surface area (Å²) in [7, 11) is 1.77. The Bertz CT molecular complexity index is 550. The zero-order valence-corrected chi connectivity index (χ0v) is 15.1. The van der Waals surface area contributed by atoms with Crippen LogP contribution in [0, 0.1) is 11.7 Å². The van der Waals surface area contributed by atoms with Crippen LogP contribution < -0.4 is 15.4 Å². The quantitative estimate of drug-likeness (QED) is 0.474. The minimum absolute atomic E-state index is 0.289. The Morgan fingerprint density at radius 3 is 2.83 bits per heavy atom. The van der Waals surface area contributed by atoms with Gasteiger partial charge in [0.05, 0.1) is 6.54 Å². The molecule has 0 aliphatic carbocycles. The van der Waals surface area contributed by atoms with Crippen LogP contribution in [0.25, 0.3) is 0 Å². The fraction of sp³-hybridized carbons (Fsp3) is 0.611. The van der Waals surface area contributed by atoms with Gasteiger partial charge in [-0.15, -0.1) is 0 Å². The SMILES string of the molecule is CN=C(NCCOc1cccc(F)c1)NC1CN(C(C)C)CC1C. The molecule has 0 amide bonds. The second-order valence-electron chi connectivity index (χ2n) is 6.58. The van der Waals surface area contributed by atoms with Crippen molar-refractivity contribution < 1.29 is 9.13 Å². The Labute approximate surface area is 144 Å². The maximum Gasteiger partial charge on any atom is 0.191 e. The molecule has 1 heterocycles. The van der Waals surface area contributed by atoms with Crippen LogP contribution in [0.2, 0.25) is 0 Å². The number of aliphatic imine (C=N–C) groups is 1. The van der Waals surface area contributed by atoms with E-state index in [-0.39, 0.29) is 5.82 Å². The number of guanidine groups is 1. The van der Waals surface area contributed by atoms with E-state index in [1.165, 1.54) is 12.1 Å². The molecule has 0 radical (unpaired) electrons. The van der Waals surface area contributed by atoms with Crippen LogP contribution in [0.1, 0.15) is 20.8 Å². The largest absolute Gasteiger partial charge is 0.492 e. The lowest BCUT2D eigenvalue weighted by atomic mass is 10.1. The van der Waals surface area contributed by atoms with E-state index < -0.39 is 0 Å². The minimum atomic E-state index is -0.289. The first-order valence-corrected chi connectivity index (χ1v) is 8.59. The number of likely N-dealkylation sites (tertiary alicyclic amines) is 1. The Hall–Kier alpha value is -1.82. The highest BCUT2D eigenvalue weighted by Crippen LogP contribution is 2.18. The van der Waals surface area contributed by atoms with Gasteiger partial charge in [-0.1, -0.05) is 13.0 Å². The van der Waals surface area contributed by atoms with Crippen LogP contribution in [0.3, 0.4) is 0 Å². The summed E-state index contributed by atoms with van der Waals surface area (Å²) in [6.07, 6.45) is 0. The molecule has 1 aromatic carbocycles. The molecule has 1 saturated heterocycles. The second kappa shape index (κ2) is 8.87. The number of rotatable bonds is 6. The van der Waals surface area contributed by atoms with Crippen molar-refractivity contribution >= 4 is 5.96 Å². The van der Waals surface area contributed by atoms with Gasteiger partial charge in [0.25, 0.3) is 0 Å². The first-order chi connectivity index (χ1) is 11.5. The molecule has 1 aliphatic heterocycles. The molecule has 2 N–H and O–H groups in total. The van der Waals surface area contributed by atoms with E-state index >= 15 is 0 Å². The zero-order chi connectivity index (χ0) is 17.5. The third-order valence-electron chi connectivity index (χ3n) is 4.38. The number of ether oxygens (including phenoxy) is 1. The van der Waals surface area contributed by atoms with E-state index in [4.69, 9.17) is 4.74 Å². The summed E-state index contributed by atoms with van der Waals surface area (Å²) in [5, 5.41) is 6.74. The van der Waals surface area contributed by atoms with E-state index in [0.29, 0.717) is 36.9 Å². The highest BCUT2D eigenvalue weighted by atomic mass is 19.1. The maximum absolute atomic E-state index is 13.1. The molecule has 2 unspecified atom stereocenters. The number of nitrogens with zero attached hydrogens (tertiary/aromatic N) is 2. The van der Waals surface area contributed by atoms with Crippen LogP contribution in [-0.2, 0) is 0 Å². The Morgan fingerprint density at radius 2 is 2.21 bits per heavy atom. The highest BCUT2D eigenvalue weighted by molar-refractivity contribution is 5.80. The van der Waals surface area contributed by atoms with Crippen LogP contribution >= 0.6 is 0 Å². The third-order valence-corrected chi connectivity index (χ3v) is 4.38. The number of nitrogens with one attached hydrogen (secondary N) is 2. The molecule has 2 rings (SSSR count). The summed E-state index contributed by atoms with van der Waals surface area (Å²) >= 11 is 0. The highest BCUT2D eigenvalue weighted by Gasteiger charge is 2.31. The van der Waals surface area contributed by atoms with Crippen molar-refractivity contribution in [2.75, 3.05) is 33.3 Å². The molecule has 1 aliphatic rings. The fourth-order valence-electron chi connectivity index (χ4n) is 2.88. The van der Waals surface area contributed by atoms with Crippen molar-refractivity contribution in [1.82, 2.24) is 15.5 Å². The normalized spacial score (nSPS) is 22.0. The molecule has 0 spiro atoms. The van der Waals surface area contributed by atoms with E-state index in [1.54, 1.807) is 19.2 Å². The van der Waals surface area contributed by atoms with Gasteiger partial charge in [-0.2, -0.15) is 0 Å². The molecule has 0 aromatic heterocycles. The molecule has 1 fully saturated rings. The molecule has 0 bridgehead atoms. The summed E-state index contributed by atoms with van der Waals surface area (Å²) < 4.78 is 18.6. The standard InChI is InChI=1S/C18H29FN4O/c1-13(2)23-11-14(3)17(12-23)22-18(20-4)21-8-9-24-16-7-5-6-15(19)10-16/h5-7,10,13-14,17H,8-9,11-12H2,1-4H3,(H2,20,21,22). The van der Waals surface area contributed by atoms with Gasteiger partial charge < -0.3 is 15.4 Å². The lowest BCUT2D eigenvalue weighted by Gasteiger charge is -2.22. The van der Waals surface area contributed by atoms with Crippen LogP contribution in [0.5, 0.6) is 5.75 Å². The molecule has 5 nitrogen and oxygen atoms in total. The van der Waals surface area contributed by atoms with Crippen LogP contribution in [0.15, 0.2) is 29.3 Å². The van der Waals surface area contributed by atoms with E-state index in [0.717, 1.165) is 19.0 Å². The summed E-state index contributed by atoms with van der Waals surface area (Å²) in [4.78, 5) is 6.75. The molecule has 134 valence electrons. The summed E-state index contributed by atoms with van der Waals surface area (Å²) in [6, 6.07) is 7.13. The van der Waals surface area contributed by atoms with Crippen molar-refractivity contribution in [2.24, 2.45) is 10.9 Å². The predicted molar refractivity (Wildman–Crippen MR) is 96.1 cm³/mol. The van der Waals surface area contributed by atoms with Crippen molar-refractivity contribution in [3.05, 3.63) is 30.1 Å². The van der Waals surface area contributed by atoms with Gasteiger partial charge in [0, 0.05) is 38.3 Å². The van der Waals surface area contributed by atoms with Gasteiger partial charge in [-0.3, -0.25) is 9.89 Å². The lowest BCUT2D eigenvalue weighted by Crippen LogP contribution is -2.47. The Morgan fingerprint density at radius 1 is 1.42 bits per heavy atom. The zero-order valence-electron chi connectivity index (χ0n) is 15.1. The molecule has 0 saturated carbocycles. The summed E-state index contributed by atoms with van der Waals surface area (Å²) in [6.45, 7) is 9.90. The molecule has 24 heavy (non-hydrogen) atoms. The van der Waals surface area contributed by atoms with Crippen molar-refractivity contribution in [1.29, 1.82) is 0 Å². The van der Waals surface area contributed by atoms with Crippen LogP contribution in [0.4, 0.5) is 4.39 Å². The van der Waals surface area contributed by atoms with E-state index in [1.807, 2.05) is 0 Å². The maximum atomic E-state index is 13.1. The monoisotopic (exact) mass is 336 g/mol. The topological polar surface area (TPSA) is 48.9 Å². The third kappa shape index (κ3) is 5.37. The van der Waals surface area contributed by atoms with E-state index in [2.05, 4.69) is 41.3 Å². The first-order valence-electron chi connectivity index (χ1n) is 8.59. The van der Waals surface area contributed by atoms with Gasteiger partial charge in [-0.25, -0.2) is 4.39 Å². The van der Waals surface area contributed by atoms with Gasteiger partial charge in [-0.05, 0) is 31.9 Å². The van der Waals surface area contributed by atoms with Gasteiger partial charge in [0.15, 0.2) is 5.96 Å². The summed E-state index contributed by atoms with van der Waals surface area (Å²) in [5.41, 5.74) is 0. The fourth-order valence-corrected chi connectivity index (χ4v) is 2.88. The lowest BCUT2D eigenvalue weighted by molar-refractivity contribution is 0.265. The summed E-state index contributed by atoms with van der Waals surface area (Å²) in [5.74, 6) is 1.61. The number of hydrogen-bond acceptors (Lipinski definition) is 3. The van der Waals surface area contributed by atoms with Gasteiger partial charge in [0.1, 0.15) is 18.2 Å². The minimum Gasteiger partial charge on any atom is -0.492 e. The molecule has 1 aromatic rings. The molecule has 2 atom stereocenters. The molecule has 6 heteroatoms. The number of benzene rings is 1. The van der Waals surface area contributed by atoms with Gasteiger partial charge in [0.2, 0.25) is 0 Å². The first kappa shape index (κ1) is 18.5. The molecular formula is C18H29FN4O. The number of halogens is 1. The van der Waals surface area contributed by atoms with Crippen molar-refractivity contribution in [3.63, 3.8) is 0 Å². The smallest absolute Gasteiger partial charge is 0.191 e. The van der Waals surface area contributed by atoms with Crippen molar-refractivity contribution in [3.8, 4) is 5.75 Å². The number of hydrogen-bond donors (Lipinski definition) is 2.